The van der Waals surface area contributed by atoms with E-state index in [1.807, 2.05) is 24.3 Å². The molecule has 180 valence electrons. The van der Waals surface area contributed by atoms with E-state index in [0.29, 0.717) is 24.3 Å². The molecular formula is C24H26N2O7S. The molecule has 1 fully saturated rings. The number of aromatic amines is 1. The molecule has 0 radical (unpaired) electrons. The zero-order valence-corrected chi connectivity index (χ0v) is 19.8. The molecule has 1 atom stereocenters. The third-order valence-electron chi connectivity index (χ3n) is 5.70. The number of Topliss-reactive ketones (excluding diaryl/α,β-unsaturated/α-hetero) is 1. The molecule has 1 N–H and O–H groups in total. The van der Waals surface area contributed by atoms with Crippen molar-refractivity contribution in [2.24, 2.45) is 0 Å². The number of aromatic nitrogens is 1. The summed E-state index contributed by atoms with van der Waals surface area (Å²) in [5, 5.41) is 0.753. The van der Waals surface area contributed by atoms with Gasteiger partial charge < -0.3 is 19.2 Å². The van der Waals surface area contributed by atoms with Crippen molar-refractivity contribution in [3.8, 4) is 5.75 Å². The summed E-state index contributed by atoms with van der Waals surface area (Å²) in [6.45, 7) is 2.63. The van der Waals surface area contributed by atoms with Crippen molar-refractivity contribution >= 4 is 32.7 Å². The van der Waals surface area contributed by atoms with E-state index >= 15 is 0 Å². The van der Waals surface area contributed by atoms with Gasteiger partial charge in [0, 0.05) is 35.8 Å². The smallest absolute Gasteiger partial charge is 0.310 e. The number of nitrogens with one attached hydrogen (secondary N) is 1. The number of morpholine rings is 1. The maximum Gasteiger partial charge on any atom is 0.310 e. The van der Waals surface area contributed by atoms with Gasteiger partial charge in [-0.1, -0.05) is 24.3 Å². The van der Waals surface area contributed by atoms with Gasteiger partial charge in [-0.3, -0.25) is 9.59 Å². The van der Waals surface area contributed by atoms with E-state index in [9.17, 15) is 18.0 Å². The first-order valence-corrected chi connectivity index (χ1v) is 12.3. The van der Waals surface area contributed by atoms with Gasteiger partial charge in [0.05, 0.1) is 26.7 Å². The summed E-state index contributed by atoms with van der Waals surface area (Å²) >= 11 is 0. The lowest BCUT2D eigenvalue weighted by Crippen LogP contribution is -2.40. The number of para-hydroxylation sites is 1. The number of nitrogens with zero attached hydrogens (tertiary/aromatic N) is 1. The summed E-state index contributed by atoms with van der Waals surface area (Å²) in [4.78, 5) is 28.4. The summed E-state index contributed by atoms with van der Waals surface area (Å²) in [6, 6.07) is 11.9. The molecule has 1 aliphatic heterocycles. The number of carbonyl (C=O) groups excluding carboxylic acids is 2. The quantitative estimate of drug-likeness (QED) is 0.384. The van der Waals surface area contributed by atoms with Crippen LogP contribution in [0.2, 0.25) is 0 Å². The van der Waals surface area contributed by atoms with E-state index in [1.165, 1.54) is 30.5 Å². The highest BCUT2D eigenvalue weighted by atomic mass is 32.2. The predicted molar refractivity (Wildman–Crippen MR) is 124 cm³/mol. The van der Waals surface area contributed by atoms with Gasteiger partial charge in [0.1, 0.15) is 10.6 Å². The van der Waals surface area contributed by atoms with Crippen molar-refractivity contribution in [3.63, 3.8) is 0 Å². The van der Waals surface area contributed by atoms with Gasteiger partial charge in [0.2, 0.25) is 15.8 Å². The fourth-order valence-electron chi connectivity index (χ4n) is 3.91. The van der Waals surface area contributed by atoms with E-state index in [-0.39, 0.29) is 35.9 Å². The van der Waals surface area contributed by atoms with Crippen LogP contribution in [-0.4, -0.2) is 69.0 Å². The summed E-state index contributed by atoms with van der Waals surface area (Å²) in [5.74, 6) is -0.775. The Morgan fingerprint density at radius 3 is 2.62 bits per heavy atom. The topological polar surface area (TPSA) is 115 Å². The summed E-state index contributed by atoms with van der Waals surface area (Å²) in [7, 11) is -2.44. The highest BCUT2D eigenvalue weighted by Gasteiger charge is 2.30. The predicted octanol–water partition coefficient (Wildman–Crippen LogP) is 2.55. The number of ether oxygens (including phenoxy) is 3. The average Bonchev–Trinajstić information content (AvgIpc) is 3.28. The Labute approximate surface area is 197 Å². The van der Waals surface area contributed by atoms with E-state index < -0.39 is 22.1 Å². The third kappa shape index (κ3) is 4.84. The van der Waals surface area contributed by atoms with E-state index in [4.69, 9.17) is 14.2 Å². The van der Waals surface area contributed by atoms with Gasteiger partial charge in [-0.2, -0.15) is 4.31 Å². The van der Waals surface area contributed by atoms with Gasteiger partial charge in [-0.25, -0.2) is 8.42 Å². The SMILES string of the molecule is COc1ccc(CC(=O)OC(C)C(=O)c2c[nH]c3ccccc23)cc1S(=O)(=O)N1CCOCC1. The Morgan fingerprint density at radius 1 is 1.15 bits per heavy atom. The largest absolute Gasteiger partial charge is 0.495 e. The van der Waals surface area contributed by atoms with Crippen molar-refractivity contribution in [2.45, 2.75) is 24.3 Å². The van der Waals surface area contributed by atoms with Crippen molar-refractivity contribution in [3.05, 3.63) is 59.8 Å². The van der Waals surface area contributed by atoms with Gasteiger partial charge in [-0.05, 0) is 30.7 Å². The summed E-state index contributed by atoms with van der Waals surface area (Å²) in [6.07, 6.45) is 0.409. The standard InChI is InChI=1S/C24H26N2O7S/c1-16(24(28)19-15-25-20-6-4-3-5-18(19)20)33-23(27)14-17-7-8-21(31-2)22(13-17)34(29,30)26-9-11-32-12-10-26/h3-8,13,15-16,25H,9-12,14H2,1-2H3. The highest BCUT2D eigenvalue weighted by molar-refractivity contribution is 7.89. The third-order valence-corrected chi connectivity index (χ3v) is 7.62. The molecule has 2 aromatic carbocycles. The molecule has 0 spiro atoms. The number of rotatable bonds is 8. The van der Waals surface area contributed by atoms with E-state index in [2.05, 4.69) is 4.98 Å². The number of hydrogen-bond donors (Lipinski definition) is 1. The first-order chi connectivity index (χ1) is 16.3. The molecule has 34 heavy (non-hydrogen) atoms. The van der Waals surface area contributed by atoms with Crippen LogP contribution in [0.3, 0.4) is 0 Å². The molecule has 1 aromatic heterocycles. The van der Waals surface area contributed by atoms with Crippen LogP contribution in [0.1, 0.15) is 22.8 Å². The zero-order valence-electron chi connectivity index (χ0n) is 18.9. The molecule has 0 saturated carbocycles. The maximum atomic E-state index is 13.1. The van der Waals surface area contributed by atoms with Crippen molar-refractivity contribution in [2.75, 3.05) is 33.4 Å². The minimum absolute atomic E-state index is 0.0230. The molecule has 9 nitrogen and oxygen atoms in total. The first kappa shape index (κ1) is 23.9. The molecule has 4 rings (SSSR count). The fraction of sp³-hybridized carbons (Fsp3) is 0.333. The fourth-order valence-corrected chi connectivity index (χ4v) is 5.53. The first-order valence-electron chi connectivity index (χ1n) is 10.9. The molecule has 1 saturated heterocycles. The summed E-state index contributed by atoms with van der Waals surface area (Å²) < 4.78 is 43.5. The van der Waals surface area contributed by atoms with Crippen LogP contribution >= 0.6 is 0 Å². The maximum absolute atomic E-state index is 13.1. The molecule has 10 heteroatoms. The number of sulfonamides is 1. The van der Waals surface area contributed by atoms with Crippen molar-refractivity contribution in [1.82, 2.24) is 9.29 Å². The van der Waals surface area contributed by atoms with Crippen molar-refractivity contribution in [1.29, 1.82) is 0 Å². The number of methoxy groups -OCH3 is 1. The van der Waals surface area contributed by atoms with Gasteiger partial charge in [0.25, 0.3) is 0 Å². The minimum atomic E-state index is -3.83. The Morgan fingerprint density at radius 2 is 1.88 bits per heavy atom. The van der Waals surface area contributed by atoms with Crippen LogP contribution in [-0.2, 0) is 30.7 Å². The monoisotopic (exact) mass is 486 g/mol. The second-order valence-corrected chi connectivity index (χ2v) is 9.83. The Balaban J connectivity index is 1.48. The lowest BCUT2D eigenvalue weighted by molar-refractivity contribution is -0.145. The zero-order chi connectivity index (χ0) is 24.3. The molecule has 2 heterocycles. The average molecular weight is 487 g/mol. The second kappa shape index (κ2) is 9.96. The number of esters is 1. The van der Waals surface area contributed by atoms with Crippen molar-refractivity contribution < 1.29 is 32.2 Å². The molecule has 3 aromatic rings. The summed E-state index contributed by atoms with van der Waals surface area (Å²) in [5.41, 5.74) is 1.69. The number of ketones is 1. The number of hydrogen-bond acceptors (Lipinski definition) is 7. The van der Waals surface area contributed by atoms with Crippen LogP contribution in [0.5, 0.6) is 5.75 Å². The van der Waals surface area contributed by atoms with E-state index in [1.54, 1.807) is 12.3 Å². The van der Waals surface area contributed by atoms with Gasteiger partial charge in [0.15, 0.2) is 6.10 Å². The molecule has 0 aliphatic carbocycles. The molecule has 0 amide bonds. The Hall–Kier alpha value is -3.21. The lowest BCUT2D eigenvalue weighted by atomic mass is 10.1. The second-order valence-electron chi connectivity index (χ2n) is 7.92. The van der Waals surface area contributed by atoms with Gasteiger partial charge in [-0.15, -0.1) is 0 Å². The Kier molecular flexibility index (Phi) is 7.01. The van der Waals surface area contributed by atoms with Crippen LogP contribution in [0.4, 0.5) is 0 Å². The molecule has 0 bridgehead atoms. The highest BCUT2D eigenvalue weighted by Crippen LogP contribution is 2.29. The van der Waals surface area contributed by atoms with Crippen LogP contribution in [0.25, 0.3) is 10.9 Å². The normalized spacial score (nSPS) is 15.7. The van der Waals surface area contributed by atoms with E-state index in [0.717, 1.165) is 10.9 Å². The van der Waals surface area contributed by atoms with Crippen LogP contribution in [0.15, 0.2) is 53.6 Å². The number of carbonyl (C=O) groups is 2. The minimum Gasteiger partial charge on any atom is -0.495 e. The Bertz CT molecular complexity index is 1310. The lowest BCUT2D eigenvalue weighted by Gasteiger charge is -2.26. The number of benzene rings is 2. The number of fused-ring (bicyclic) bond motifs is 1. The van der Waals surface area contributed by atoms with Crippen LogP contribution < -0.4 is 4.74 Å². The van der Waals surface area contributed by atoms with Gasteiger partial charge >= 0.3 is 5.97 Å². The number of H-pyrrole nitrogens is 1. The van der Waals surface area contributed by atoms with Crippen LogP contribution in [0, 0.1) is 0 Å². The molecular weight excluding hydrogens is 460 g/mol. The molecule has 1 aliphatic rings. The molecule has 1 unspecified atom stereocenters.